The molecule has 140 valence electrons. The average Bonchev–Trinajstić information content (AvgIpc) is 2.87. The predicted octanol–water partition coefficient (Wildman–Crippen LogP) is 6.06. The highest BCUT2D eigenvalue weighted by molar-refractivity contribution is 6.69. The van der Waals surface area contributed by atoms with E-state index in [0.29, 0.717) is 12.8 Å². The van der Waals surface area contributed by atoms with E-state index in [1.54, 1.807) is 19.1 Å². The van der Waals surface area contributed by atoms with Crippen molar-refractivity contribution in [1.82, 2.24) is 0 Å². The zero-order valence-electron chi connectivity index (χ0n) is 15.3. The molecule has 0 aliphatic heterocycles. The number of halogens is 3. The van der Waals surface area contributed by atoms with Crippen LogP contribution in [0.3, 0.4) is 0 Å². The minimum absolute atomic E-state index is 0.0492. The van der Waals surface area contributed by atoms with Gasteiger partial charge >= 0.3 is 6.18 Å². The average molecular weight is 365 g/mol. The highest BCUT2D eigenvalue weighted by Gasteiger charge is 2.40. The Kier molecular flexibility index (Phi) is 10.5. The van der Waals surface area contributed by atoms with Crippen LogP contribution in [0.25, 0.3) is 0 Å². The Morgan fingerprint density at radius 1 is 1.38 bits per heavy atom. The molecular formula is C18H31F3O2Si. The monoisotopic (exact) mass is 364 g/mol. The Bertz CT molecular complexity index is 411. The molecule has 2 nitrogen and oxygen atoms in total. The maximum Gasteiger partial charge on any atom is 0.391 e. The van der Waals surface area contributed by atoms with Crippen LogP contribution < -0.4 is 0 Å². The van der Waals surface area contributed by atoms with Gasteiger partial charge in [-0.2, -0.15) is 13.2 Å². The highest BCUT2D eigenvalue weighted by Crippen LogP contribution is 2.35. The molecular weight excluding hydrogens is 333 g/mol. The van der Waals surface area contributed by atoms with E-state index < -0.39 is 20.4 Å². The normalized spacial score (nSPS) is 17.2. The second-order valence-electron chi connectivity index (χ2n) is 7.05. The highest BCUT2D eigenvalue weighted by atomic mass is 28.4. The topological polar surface area (TPSA) is 26.3 Å². The lowest BCUT2D eigenvalue weighted by atomic mass is 9.95. The lowest BCUT2D eigenvalue weighted by molar-refractivity contribution is -0.183. The SMILES string of the molecule is C=CCC(CC(CCC)C(F)(F)F)O[Si](C)(C)C.O=C1C=CCC1. The van der Waals surface area contributed by atoms with Crippen molar-refractivity contribution in [2.45, 2.75) is 77.4 Å². The largest absolute Gasteiger partial charge is 0.414 e. The first-order valence-electron chi connectivity index (χ1n) is 8.54. The molecule has 0 fully saturated rings. The number of allylic oxidation sites excluding steroid dienone is 2. The van der Waals surface area contributed by atoms with Crippen LogP contribution in [-0.4, -0.2) is 26.4 Å². The van der Waals surface area contributed by atoms with Crippen molar-refractivity contribution in [1.29, 1.82) is 0 Å². The molecule has 24 heavy (non-hydrogen) atoms. The van der Waals surface area contributed by atoms with Crippen molar-refractivity contribution < 1.29 is 22.4 Å². The third-order valence-corrected chi connectivity index (χ3v) is 4.50. The number of hydrogen-bond acceptors (Lipinski definition) is 2. The van der Waals surface area contributed by atoms with E-state index in [1.807, 2.05) is 25.7 Å². The van der Waals surface area contributed by atoms with Crippen molar-refractivity contribution in [3.05, 3.63) is 24.8 Å². The van der Waals surface area contributed by atoms with Crippen molar-refractivity contribution in [2.75, 3.05) is 0 Å². The summed E-state index contributed by atoms with van der Waals surface area (Å²) in [5.74, 6) is -0.987. The lowest BCUT2D eigenvalue weighted by Crippen LogP contribution is -2.35. The van der Waals surface area contributed by atoms with Crippen molar-refractivity contribution in [3.8, 4) is 0 Å². The molecule has 0 radical (unpaired) electrons. The first-order chi connectivity index (χ1) is 11.0. The number of carbonyl (C=O) groups excluding carboxylic acids is 1. The summed E-state index contributed by atoms with van der Waals surface area (Å²) in [6.45, 7) is 11.4. The van der Waals surface area contributed by atoms with Crippen LogP contribution in [0.4, 0.5) is 13.2 Å². The maximum absolute atomic E-state index is 12.9. The number of alkyl halides is 3. The standard InChI is InChI=1S/C13H25F3OSi.C5H6O/c1-6-8-11(13(14,15)16)10-12(9-7-2)17-18(3,4)5;6-5-3-1-2-4-5/h7,11-12H,2,6,8-10H2,1,3-5H3;1,3H,2,4H2. The number of carbonyl (C=O) groups is 1. The van der Waals surface area contributed by atoms with Crippen molar-refractivity contribution >= 4 is 14.1 Å². The van der Waals surface area contributed by atoms with E-state index >= 15 is 0 Å². The Labute approximate surface area is 145 Å². The van der Waals surface area contributed by atoms with Crippen molar-refractivity contribution in [3.63, 3.8) is 0 Å². The van der Waals surface area contributed by atoms with E-state index in [1.165, 1.54) is 0 Å². The molecule has 0 aromatic rings. The van der Waals surface area contributed by atoms with Crippen LogP contribution >= 0.6 is 0 Å². The van der Waals surface area contributed by atoms with E-state index in [-0.39, 0.29) is 24.7 Å². The molecule has 0 spiro atoms. The summed E-state index contributed by atoms with van der Waals surface area (Å²) in [6.07, 6.45) is 3.65. The van der Waals surface area contributed by atoms with Crippen LogP contribution in [-0.2, 0) is 9.22 Å². The third kappa shape index (κ3) is 11.6. The zero-order valence-corrected chi connectivity index (χ0v) is 16.3. The molecule has 0 amide bonds. The first kappa shape index (κ1) is 23.1. The Morgan fingerprint density at radius 3 is 2.29 bits per heavy atom. The summed E-state index contributed by atoms with van der Waals surface area (Å²) in [7, 11) is -1.82. The van der Waals surface area contributed by atoms with Gasteiger partial charge < -0.3 is 4.43 Å². The van der Waals surface area contributed by atoms with E-state index in [0.717, 1.165) is 12.8 Å². The van der Waals surface area contributed by atoms with Crippen LogP contribution in [0.5, 0.6) is 0 Å². The van der Waals surface area contributed by atoms with Crippen molar-refractivity contribution in [2.24, 2.45) is 5.92 Å². The fourth-order valence-electron chi connectivity index (χ4n) is 2.48. The molecule has 2 atom stereocenters. The molecule has 2 unspecified atom stereocenters. The predicted molar refractivity (Wildman–Crippen MR) is 95.5 cm³/mol. The molecule has 1 rings (SSSR count). The zero-order chi connectivity index (χ0) is 18.8. The van der Waals surface area contributed by atoms with Gasteiger partial charge in [-0.1, -0.05) is 25.5 Å². The molecule has 1 aliphatic carbocycles. The minimum Gasteiger partial charge on any atom is -0.414 e. The van der Waals surface area contributed by atoms with Gasteiger partial charge in [0.25, 0.3) is 0 Å². The summed E-state index contributed by atoms with van der Waals surface area (Å²) in [6, 6.07) is 0. The Morgan fingerprint density at radius 2 is 2.00 bits per heavy atom. The van der Waals surface area contributed by atoms with E-state index in [9.17, 15) is 18.0 Å². The third-order valence-electron chi connectivity index (χ3n) is 3.46. The van der Waals surface area contributed by atoms with E-state index in [4.69, 9.17) is 4.43 Å². The quantitative estimate of drug-likeness (QED) is 0.387. The summed E-state index contributed by atoms with van der Waals surface area (Å²) >= 11 is 0. The van der Waals surface area contributed by atoms with Crippen LogP contribution in [0, 0.1) is 5.92 Å². The van der Waals surface area contributed by atoms with Crippen LogP contribution in [0.15, 0.2) is 24.8 Å². The summed E-state index contributed by atoms with van der Waals surface area (Å²) in [4.78, 5) is 10.2. The molecule has 1 aliphatic rings. The molecule has 0 bridgehead atoms. The first-order valence-corrected chi connectivity index (χ1v) is 11.9. The molecule has 0 saturated heterocycles. The molecule has 0 aromatic heterocycles. The van der Waals surface area contributed by atoms with Gasteiger partial charge in [-0.25, -0.2) is 0 Å². The smallest absolute Gasteiger partial charge is 0.391 e. The van der Waals surface area contributed by atoms with Gasteiger partial charge in [-0.05, 0) is 51.4 Å². The molecule has 0 aromatic carbocycles. The fourth-order valence-corrected chi connectivity index (χ4v) is 3.68. The maximum atomic E-state index is 12.9. The number of ketones is 1. The second kappa shape index (κ2) is 10.9. The van der Waals surface area contributed by atoms with Gasteiger partial charge in [0, 0.05) is 12.5 Å². The minimum atomic E-state index is -4.13. The van der Waals surface area contributed by atoms with Gasteiger partial charge in [-0.15, -0.1) is 6.58 Å². The summed E-state index contributed by atoms with van der Waals surface area (Å²) in [5.41, 5.74) is 0. The number of hydrogen-bond donors (Lipinski definition) is 0. The van der Waals surface area contributed by atoms with Crippen LogP contribution in [0.1, 0.15) is 45.4 Å². The Balaban J connectivity index is 0.000000728. The number of rotatable bonds is 8. The molecule has 0 N–H and O–H groups in total. The molecule has 6 heteroatoms. The van der Waals surface area contributed by atoms with Gasteiger partial charge in [-0.3, -0.25) is 4.79 Å². The molecule has 0 saturated carbocycles. The van der Waals surface area contributed by atoms with Crippen LogP contribution in [0.2, 0.25) is 19.6 Å². The van der Waals surface area contributed by atoms with Gasteiger partial charge in [0.15, 0.2) is 14.1 Å². The summed E-state index contributed by atoms with van der Waals surface area (Å²) < 4.78 is 44.4. The molecule has 0 heterocycles. The van der Waals surface area contributed by atoms with Gasteiger partial charge in [0.05, 0.1) is 5.92 Å². The van der Waals surface area contributed by atoms with Gasteiger partial charge in [0.1, 0.15) is 0 Å². The fraction of sp³-hybridized carbons (Fsp3) is 0.722. The van der Waals surface area contributed by atoms with Gasteiger partial charge in [0.2, 0.25) is 0 Å². The second-order valence-corrected chi connectivity index (χ2v) is 11.5. The lowest BCUT2D eigenvalue weighted by Gasteiger charge is -2.29. The Hall–Kier alpha value is -0.883. The summed E-state index contributed by atoms with van der Waals surface area (Å²) in [5, 5.41) is 0. The van der Waals surface area contributed by atoms with E-state index in [2.05, 4.69) is 6.58 Å².